The minimum absolute atomic E-state index is 0.0211. The van der Waals surface area contributed by atoms with Gasteiger partial charge >= 0.3 is 0 Å². The lowest BCUT2D eigenvalue weighted by Crippen LogP contribution is -2.61. The Balaban J connectivity index is 1.65. The van der Waals surface area contributed by atoms with Crippen molar-refractivity contribution in [3.63, 3.8) is 0 Å². The lowest BCUT2D eigenvalue weighted by atomic mass is 9.64. The first kappa shape index (κ1) is 19.6. The van der Waals surface area contributed by atoms with Crippen LogP contribution in [0.5, 0.6) is 5.75 Å². The summed E-state index contributed by atoms with van der Waals surface area (Å²) in [6, 6.07) is 7.70. The number of benzene rings is 1. The van der Waals surface area contributed by atoms with Crippen LogP contribution in [0.25, 0.3) is 0 Å². The van der Waals surface area contributed by atoms with E-state index in [0.717, 1.165) is 37.5 Å². The van der Waals surface area contributed by atoms with Gasteiger partial charge in [-0.05, 0) is 43.9 Å². The van der Waals surface area contributed by atoms with Crippen molar-refractivity contribution in [2.45, 2.75) is 82.7 Å². The zero-order valence-electron chi connectivity index (χ0n) is 18.1. The standard InChI is InChI=1S/C24H32N4O2/c1-3-21-25-23-27(22(29)17-10-9-11-18(16-17)30-2)20-13-6-5-12-19(20)24(28(23)26-21)14-7-4-8-15-24/h9-11,16,19-20H,3-8,12-15H2,1-2H3/t19-,20+/m1/s1. The van der Waals surface area contributed by atoms with Crippen molar-refractivity contribution in [3.05, 3.63) is 35.7 Å². The number of nitrogens with zero attached hydrogens (tertiary/aromatic N) is 4. The summed E-state index contributed by atoms with van der Waals surface area (Å²) in [5.41, 5.74) is 0.690. The topological polar surface area (TPSA) is 60.2 Å². The van der Waals surface area contributed by atoms with Gasteiger partial charge in [0.1, 0.15) is 5.75 Å². The second-order valence-corrected chi connectivity index (χ2v) is 9.12. The number of methoxy groups -OCH3 is 1. The van der Waals surface area contributed by atoms with Crippen LogP contribution >= 0.6 is 0 Å². The molecule has 1 aliphatic heterocycles. The highest BCUT2D eigenvalue weighted by Gasteiger charge is 2.55. The number of carbonyl (C=O) groups excluding carboxylic acids is 1. The van der Waals surface area contributed by atoms with Crippen LogP contribution in [0.15, 0.2) is 24.3 Å². The number of aryl methyl sites for hydroxylation is 1. The maximum atomic E-state index is 13.8. The second kappa shape index (κ2) is 7.71. The van der Waals surface area contributed by atoms with Crippen LogP contribution in [0.1, 0.15) is 80.9 Å². The van der Waals surface area contributed by atoms with E-state index < -0.39 is 0 Å². The molecule has 30 heavy (non-hydrogen) atoms. The molecule has 0 bridgehead atoms. The molecule has 2 aromatic rings. The number of anilines is 1. The van der Waals surface area contributed by atoms with Crippen molar-refractivity contribution in [1.29, 1.82) is 0 Å². The van der Waals surface area contributed by atoms with Gasteiger partial charge in [-0.2, -0.15) is 10.1 Å². The van der Waals surface area contributed by atoms with Gasteiger partial charge in [0, 0.05) is 23.9 Å². The summed E-state index contributed by atoms with van der Waals surface area (Å²) in [6.07, 6.45) is 11.5. The Morgan fingerprint density at radius 3 is 2.73 bits per heavy atom. The van der Waals surface area contributed by atoms with Crippen LogP contribution in [-0.2, 0) is 12.0 Å². The number of hydrogen-bond donors (Lipinski definition) is 0. The third-order valence-corrected chi connectivity index (χ3v) is 7.59. The van der Waals surface area contributed by atoms with E-state index >= 15 is 0 Å². The quantitative estimate of drug-likeness (QED) is 0.737. The molecule has 6 nitrogen and oxygen atoms in total. The van der Waals surface area contributed by atoms with Gasteiger partial charge in [-0.15, -0.1) is 0 Å². The van der Waals surface area contributed by atoms with Crippen molar-refractivity contribution < 1.29 is 9.53 Å². The number of hydrogen-bond acceptors (Lipinski definition) is 4. The molecule has 2 heterocycles. The molecule has 0 unspecified atom stereocenters. The average molecular weight is 409 g/mol. The molecule has 1 amide bonds. The number of carbonyl (C=O) groups is 1. The zero-order chi connectivity index (χ0) is 20.7. The lowest BCUT2D eigenvalue weighted by molar-refractivity contribution is 0.0311. The van der Waals surface area contributed by atoms with Gasteiger partial charge in [-0.3, -0.25) is 9.69 Å². The van der Waals surface area contributed by atoms with Gasteiger partial charge in [0.15, 0.2) is 5.82 Å². The minimum Gasteiger partial charge on any atom is -0.497 e. The summed E-state index contributed by atoms with van der Waals surface area (Å²) in [7, 11) is 1.64. The van der Waals surface area contributed by atoms with E-state index in [-0.39, 0.29) is 17.5 Å². The molecular formula is C24H32N4O2. The molecule has 0 N–H and O–H groups in total. The Labute approximate surface area is 178 Å². The highest BCUT2D eigenvalue weighted by molar-refractivity contribution is 6.06. The third kappa shape index (κ3) is 2.95. The van der Waals surface area contributed by atoms with Gasteiger partial charge in [0.25, 0.3) is 5.91 Å². The van der Waals surface area contributed by atoms with Gasteiger partial charge in [-0.1, -0.05) is 45.1 Å². The largest absolute Gasteiger partial charge is 0.497 e. The smallest absolute Gasteiger partial charge is 0.261 e. The lowest BCUT2D eigenvalue weighted by Gasteiger charge is -2.55. The van der Waals surface area contributed by atoms with E-state index in [2.05, 4.69) is 11.6 Å². The molecule has 0 radical (unpaired) electrons. The molecule has 2 aliphatic carbocycles. The van der Waals surface area contributed by atoms with Crippen LogP contribution < -0.4 is 9.64 Å². The summed E-state index contributed by atoms with van der Waals surface area (Å²) < 4.78 is 7.57. The summed E-state index contributed by atoms with van der Waals surface area (Å²) in [5, 5.41) is 4.98. The first-order valence-electron chi connectivity index (χ1n) is 11.6. The summed E-state index contributed by atoms with van der Waals surface area (Å²) in [6.45, 7) is 2.09. The molecule has 2 fully saturated rings. The van der Waals surface area contributed by atoms with Crippen LogP contribution in [0.2, 0.25) is 0 Å². The molecule has 1 spiro atoms. The second-order valence-electron chi connectivity index (χ2n) is 9.12. The maximum Gasteiger partial charge on any atom is 0.261 e. The highest BCUT2D eigenvalue weighted by Crippen LogP contribution is 2.53. The highest BCUT2D eigenvalue weighted by atomic mass is 16.5. The number of amides is 1. The van der Waals surface area contributed by atoms with Crippen LogP contribution in [0.4, 0.5) is 5.95 Å². The van der Waals surface area contributed by atoms with Gasteiger partial charge in [-0.25, -0.2) is 4.68 Å². The third-order valence-electron chi connectivity index (χ3n) is 7.59. The average Bonchev–Trinajstić information content (AvgIpc) is 3.25. The predicted molar refractivity (Wildman–Crippen MR) is 116 cm³/mol. The first-order valence-corrected chi connectivity index (χ1v) is 11.6. The van der Waals surface area contributed by atoms with Gasteiger partial charge in [0.2, 0.25) is 5.95 Å². The predicted octanol–water partition coefficient (Wildman–Crippen LogP) is 4.73. The number of ether oxygens (including phenoxy) is 1. The Hall–Kier alpha value is -2.37. The molecule has 160 valence electrons. The van der Waals surface area contributed by atoms with Crippen molar-refractivity contribution >= 4 is 11.9 Å². The van der Waals surface area contributed by atoms with E-state index in [1.807, 2.05) is 29.2 Å². The van der Waals surface area contributed by atoms with Crippen molar-refractivity contribution in [2.75, 3.05) is 12.0 Å². The first-order chi connectivity index (χ1) is 14.7. The molecule has 3 aliphatic rings. The molecule has 6 heteroatoms. The molecule has 5 rings (SSSR count). The maximum absolute atomic E-state index is 13.8. The van der Waals surface area contributed by atoms with E-state index in [4.69, 9.17) is 14.8 Å². The summed E-state index contributed by atoms with van der Waals surface area (Å²) in [5.74, 6) is 2.80. The molecule has 2 saturated carbocycles. The molecule has 0 saturated heterocycles. The molecule has 1 aromatic heterocycles. The monoisotopic (exact) mass is 408 g/mol. The van der Waals surface area contributed by atoms with E-state index in [9.17, 15) is 4.79 Å². The zero-order valence-corrected chi connectivity index (χ0v) is 18.1. The van der Waals surface area contributed by atoms with Crippen LogP contribution in [0.3, 0.4) is 0 Å². The Morgan fingerprint density at radius 2 is 1.97 bits per heavy atom. The Kier molecular flexibility index (Phi) is 5.03. The van der Waals surface area contributed by atoms with Crippen molar-refractivity contribution in [1.82, 2.24) is 14.8 Å². The van der Waals surface area contributed by atoms with E-state index in [0.29, 0.717) is 17.2 Å². The fourth-order valence-corrected chi connectivity index (χ4v) is 6.19. The summed E-state index contributed by atoms with van der Waals surface area (Å²) in [4.78, 5) is 20.7. The molecular weight excluding hydrogens is 376 g/mol. The Morgan fingerprint density at radius 1 is 1.17 bits per heavy atom. The SMILES string of the molecule is CCc1nc2n(n1)C1(CCCCC1)[C@@H]1CCCC[C@@H]1N2C(=O)c1cccc(OC)c1. The fourth-order valence-electron chi connectivity index (χ4n) is 6.19. The molecule has 2 atom stereocenters. The normalized spacial score (nSPS) is 24.9. The van der Waals surface area contributed by atoms with E-state index in [1.165, 1.54) is 38.5 Å². The van der Waals surface area contributed by atoms with Gasteiger partial charge in [0.05, 0.1) is 12.6 Å². The summed E-state index contributed by atoms with van der Waals surface area (Å²) >= 11 is 0. The number of rotatable bonds is 3. The Bertz CT molecular complexity index is 931. The van der Waals surface area contributed by atoms with Crippen molar-refractivity contribution in [3.8, 4) is 5.75 Å². The molecule has 1 aromatic carbocycles. The van der Waals surface area contributed by atoms with Crippen LogP contribution in [-0.4, -0.2) is 33.8 Å². The van der Waals surface area contributed by atoms with Crippen molar-refractivity contribution in [2.24, 2.45) is 5.92 Å². The number of fused-ring (bicyclic) bond motifs is 4. The van der Waals surface area contributed by atoms with Crippen LogP contribution in [0, 0.1) is 5.92 Å². The number of aromatic nitrogens is 3. The van der Waals surface area contributed by atoms with Gasteiger partial charge < -0.3 is 4.74 Å². The minimum atomic E-state index is 0.0211. The van der Waals surface area contributed by atoms with E-state index in [1.54, 1.807) is 7.11 Å². The fraction of sp³-hybridized carbons (Fsp3) is 0.625.